The highest BCUT2D eigenvalue weighted by Gasteiger charge is 2.42. The molecule has 1 N–H and O–H groups in total. The summed E-state index contributed by atoms with van der Waals surface area (Å²) in [4.78, 5) is 18.1. The van der Waals surface area contributed by atoms with E-state index in [0.29, 0.717) is 0 Å². The molecule has 0 fully saturated rings. The van der Waals surface area contributed by atoms with E-state index in [1.807, 2.05) is 0 Å². The van der Waals surface area contributed by atoms with Crippen molar-refractivity contribution in [2.45, 2.75) is 12.3 Å². The molecule has 2 heterocycles. The normalized spacial score (nSPS) is 13.1. The second-order valence-corrected chi connectivity index (χ2v) is 3.95. The first-order valence-electron chi connectivity index (χ1n) is 5.73. The van der Waals surface area contributed by atoms with Crippen LogP contribution in [0.15, 0.2) is 40.3 Å². The molecule has 0 aromatic carbocycles. The number of ether oxygens (including phenoxy) is 1. The number of rotatable bonds is 5. The average Bonchev–Trinajstić information content (AvgIpc) is 2.85. The van der Waals surface area contributed by atoms with Crippen LogP contribution in [-0.2, 0) is 4.74 Å². The van der Waals surface area contributed by atoms with Crippen LogP contribution in [0.2, 0.25) is 0 Å². The van der Waals surface area contributed by atoms with Gasteiger partial charge in [0, 0.05) is 6.20 Å². The second-order valence-electron chi connectivity index (χ2n) is 3.95. The monoisotopic (exact) mass is 301 g/mol. The molecule has 2 aromatic rings. The van der Waals surface area contributed by atoms with E-state index < -0.39 is 18.0 Å². The number of H-pyrrole nitrogens is 1. The smallest absolute Gasteiger partial charge is 0.360 e. The SMILES string of the molecule is C=CCOC(c1ccnc(-c2nc(=O)o[nH]2)c1)C(F)(F)F. The van der Waals surface area contributed by atoms with Crippen molar-refractivity contribution in [2.24, 2.45) is 0 Å². The predicted octanol–water partition coefficient (Wildman–Crippen LogP) is 2.23. The Morgan fingerprint density at radius 1 is 1.52 bits per heavy atom. The van der Waals surface area contributed by atoms with Crippen LogP contribution in [0.1, 0.15) is 11.7 Å². The van der Waals surface area contributed by atoms with Crippen molar-refractivity contribution < 1.29 is 22.4 Å². The summed E-state index contributed by atoms with van der Waals surface area (Å²) in [5.41, 5.74) is -0.131. The quantitative estimate of drug-likeness (QED) is 0.856. The number of pyridine rings is 1. The summed E-state index contributed by atoms with van der Waals surface area (Å²) < 4.78 is 48.1. The third-order valence-corrected chi connectivity index (χ3v) is 2.45. The molecule has 21 heavy (non-hydrogen) atoms. The number of aromatic nitrogens is 3. The largest absolute Gasteiger partial charge is 0.460 e. The van der Waals surface area contributed by atoms with Crippen LogP contribution < -0.4 is 5.76 Å². The molecule has 0 bridgehead atoms. The van der Waals surface area contributed by atoms with Crippen LogP contribution in [0.5, 0.6) is 0 Å². The summed E-state index contributed by atoms with van der Waals surface area (Å²) in [6.07, 6.45) is -4.35. The zero-order valence-electron chi connectivity index (χ0n) is 10.6. The molecule has 1 atom stereocenters. The van der Waals surface area contributed by atoms with Gasteiger partial charge in [-0.15, -0.1) is 6.58 Å². The first kappa shape index (κ1) is 15.0. The van der Waals surface area contributed by atoms with Gasteiger partial charge >= 0.3 is 11.9 Å². The highest BCUT2D eigenvalue weighted by atomic mass is 19.4. The minimum absolute atomic E-state index is 0.0369. The molecule has 0 aliphatic carbocycles. The Labute approximate surface area is 116 Å². The number of nitrogens with zero attached hydrogens (tertiary/aromatic N) is 2. The molecule has 9 heteroatoms. The third-order valence-electron chi connectivity index (χ3n) is 2.45. The summed E-state index contributed by atoms with van der Waals surface area (Å²) >= 11 is 0. The van der Waals surface area contributed by atoms with Crippen molar-refractivity contribution in [1.29, 1.82) is 0 Å². The Hall–Kier alpha value is -2.42. The van der Waals surface area contributed by atoms with Crippen molar-refractivity contribution in [1.82, 2.24) is 15.1 Å². The molecule has 0 aliphatic heterocycles. The van der Waals surface area contributed by atoms with Crippen molar-refractivity contribution in [3.05, 3.63) is 47.1 Å². The lowest BCUT2D eigenvalue weighted by molar-refractivity contribution is -0.220. The summed E-state index contributed by atoms with van der Waals surface area (Å²) in [5.74, 6) is -0.959. The average molecular weight is 301 g/mol. The van der Waals surface area contributed by atoms with Crippen LogP contribution >= 0.6 is 0 Å². The van der Waals surface area contributed by atoms with Gasteiger partial charge in [-0.1, -0.05) is 6.08 Å². The fraction of sp³-hybridized carbons (Fsp3) is 0.250. The van der Waals surface area contributed by atoms with E-state index in [-0.39, 0.29) is 23.7 Å². The van der Waals surface area contributed by atoms with Gasteiger partial charge in [-0.3, -0.25) is 4.98 Å². The molecular formula is C12H10F3N3O3. The highest BCUT2D eigenvalue weighted by Crippen LogP contribution is 2.36. The number of aromatic amines is 1. The number of halogens is 3. The van der Waals surface area contributed by atoms with Gasteiger partial charge in [-0.05, 0) is 17.7 Å². The van der Waals surface area contributed by atoms with Gasteiger partial charge in [0.25, 0.3) is 0 Å². The first-order valence-corrected chi connectivity index (χ1v) is 5.73. The molecule has 112 valence electrons. The molecular weight excluding hydrogens is 291 g/mol. The minimum Gasteiger partial charge on any atom is -0.360 e. The molecule has 2 aromatic heterocycles. The lowest BCUT2D eigenvalue weighted by Gasteiger charge is -2.20. The van der Waals surface area contributed by atoms with Gasteiger partial charge < -0.3 is 9.26 Å². The maximum Gasteiger partial charge on any atom is 0.460 e. The molecule has 0 radical (unpaired) electrons. The summed E-state index contributed by atoms with van der Waals surface area (Å²) in [6, 6.07) is 2.29. The third kappa shape index (κ3) is 3.57. The Kier molecular flexibility index (Phi) is 4.22. The van der Waals surface area contributed by atoms with Gasteiger partial charge in [0.15, 0.2) is 11.9 Å². The molecule has 0 aliphatic rings. The van der Waals surface area contributed by atoms with Crippen LogP contribution in [0.25, 0.3) is 11.5 Å². The Balaban J connectivity index is 2.37. The summed E-state index contributed by atoms with van der Waals surface area (Å²) in [6.45, 7) is 3.05. The molecule has 1 unspecified atom stereocenters. The van der Waals surface area contributed by atoms with E-state index in [1.165, 1.54) is 12.1 Å². The topological polar surface area (TPSA) is 81.0 Å². The second kappa shape index (κ2) is 5.92. The van der Waals surface area contributed by atoms with Gasteiger partial charge in [0.2, 0.25) is 0 Å². The van der Waals surface area contributed by atoms with E-state index in [4.69, 9.17) is 4.74 Å². The standard InChI is InChI=1S/C12H10F3N3O3/c1-2-5-20-9(12(13,14)15)7-3-4-16-8(6-7)10-17-11(19)21-18-10/h2-4,6,9H,1,5H2,(H,17,18,19). The maximum absolute atomic E-state index is 13.0. The maximum atomic E-state index is 13.0. The predicted molar refractivity (Wildman–Crippen MR) is 65.3 cm³/mol. The number of nitrogens with one attached hydrogen (secondary N) is 1. The highest BCUT2D eigenvalue weighted by molar-refractivity contribution is 5.49. The van der Waals surface area contributed by atoms with E-state index in [1.54, 1.807) is 0 Å². The Morgan fingerprint density at radius 3 is 2.86 bits per heavy atom. The summed E-state index contributed by atoms with van der Waals surface area (Å²) in [5, 5.41) is 2.17. The number of hydrogen-bond donors (Lipinski definition) is 1. The zero-order valence-corrected chi connectivity index (χ0v) is 10.6. The molecule has 0 saturated heterocycles. The molecule has 0 saturated carbocycles. The fourth-order valence-electron chi connectivity index (χ4n) is 1.62. The van der Waals surface area contributed by atoms with Crippen molar-refractivity contribution in [3.63, 3.8) is 0 Å². The fourth-order valence-corrected chi connectivity index (χ4v) is 1.62. The van der Waals surface area contributed by atoms with E-state index in [9.17, 15) is 18.0 Å². The van der Waals surface area contributed by atoms with Crippen molar-refractivity contribution >= 4 is 0 Å². The molecule has 0 amide bonds. The van der Waals surface area contributed by atoms with Crippen LogP contribution in [0.3, 0.4) is 0 Å². The zero-order chi connectivity index (χ0) is 15.5. The number of hydrogen-bond acceptors (Lipinski definition) is 5. The van der Waals surface area contributed by atoms with Crippen LogP contribution in [0, 0.1) is 0 Å². The van der Waals surface area contributed by atoms with Gasteiger partial charge in [0.1, 0.15) is 5.69 Å². The van der Waals surface area contributed by atoms with Gasteiger partial charge in [-0.25, -0.2) is 4.79 Å². The number of alkyl halides is 3. The Morgan fingerprint density at radius 2 is 2.29 bits per heavy atom. The Bertz CT molecular complexity index is 678. The minimum atomic E-state index is -4.60. The van der Waals surface area contributed by atoms with Gasteiger partial charge in [0.05, 0.1) is 6.61 Å². The van der Waals surface area contributed by atoms with Crippen molar-refractivity contribution in [3.8, 4) is 11.5 Å². The molecule has 6 nitrogen and oxygen atoms in total. The lowest BCUT2D eigenvalue weighted by atomic mass is 10.1. The van der Waals surface area contributed by atoms with Crippen LogP contribution in [0.4, 0.5) is 13.2 Å². The van der Waals surface area contributed by atoms with Crippen molar-refractivity contribution in [2.75, 3.05) is 6.61 Å². The van der Waals surface area contributed by atoms with E-state index >= 15 is 0 Å². The lowest BCUT2D eigenvalue weighted by Crippen LogP contribution is -2.24. The summed E-state index contributed by atoms with van der Waals surface area (Å²) in [7, 11) is 0. The van der Waals surface area contributed by atoms with E-state index in [0.717, 1.165) is 12.3 Å². The van der Waals surface area contributed by atoms with Crippen LogP contribution in [-0.4, -0.2) is 27.9 Å². The molecule has 2 rings (SSSR count). The van der Waals surface area contributed by atoms with E-state index in [2.05, 4.69) is 26.2 Å². The molecule has 0 spiro atoms. The van der Waals surface area contributed by atoms with Gasteiger partial charge in [-0.2, -0.15) is 23.3 Å². The first-order chi connectivity index (χ1) is 9.91.